The van der Waals surface area contributed by atoms with E-state index in [9.17, 15) is 21.6 Å². The van der Waals surface area contributed by atoms with E-state index in [4.69, 9.17) is 4.74 Å². The SMILES string of the molecule is COc1ccc(Br)cc1C(C(F)(F)F)S(N)(=O)=O. The lowest BCUT2D eigenvalue weighted by molar-refractivity contribution is -0.131. The third-order valence-corrected chi connectivity index (χ3v) is 3.77. The van der Waals surface area contributed by atoms with E-state index in [1.807, 2.05) is 0 Å². The summed E-state index contributed by atoms with van der Waals surface area (Å²) in [7, 11) is -3.71. The van der Waals surface area contributed by atoms with E-state index in [0.717, 1.165) is 13.2 Å². The number of nitrogens with two attached hydrogens (primary N) is 1. The van der Waals surface area contributed by atoms with E-state index in [2.05, 4.69) is 21.1 Å². The van der Waals surface area contributed by atoms with Crippen LogP contribution in [0.5, 0.6) is 5.75 Å². The van der Waals surface area contributed by atoms with Crippen LogP contribution in [0.25, 0.3) is 0 Å². The third kappa shape index (κ3) is 3.36. The van der Waals surface area contributed by atoms with Gasteiger partial charge in [-0.1, -0.05) is 15.9 Å². The standard InChI is InChI=1S/C9H9BrF3NO3S/c1-17-7-3-2-5(10)4-6(7)8(9(11,12)13)18(14,15)16/h2-4,8H,1H3,(H2,14,15,16). The number of alkyl halides is 3. The Kier molecular flexibility index (Phi) is 4.29. The molecule has 0 radical (unpaired) electrons. The fourth-order valence-corrected chi connectivity index (χ4v) is 2.74. The van der Waals surface area contributed by atoms with Gasteiger partial charge in [0, 0.05) is 10.0 Å². The largest absolute Gasteiger partial charge is 0.496 e. The molecule has 4 nitrogen and oxygen atoms in total. The molecule has 9 heteroatoms. The Morgan fingerprint density at radius 1 is 1.39 bits per heavy atom. The van der Waals surface area contributed by atoms with Crippen LogP contribution in [0.4, 0.5) is 13.2 Å². The second-order valence-electron chi connectivity index (χ2n) is 3.40. The topological polar surface area (TPSA) is 69.4 Å². The summed E-state index contributed by atoms with van der Waals surface area (Å²) < 4.78 is 65.8. The summed E-state index contributed by atoms with van der Waals surface area (Å²) in [5, 5.41) is 1.83. The van der Waals surface area contributed by atoms with Crippen molar-refractivity contribution in [3.05, 3.63) is 28.2 Å². The summed E-state index contributed by atoms with van der Waals surface area (Å²) in [5.74, 6) is -0.199. The maximum absolute atomic E-state index is 12.8. The summed E-state index contributed by atoms with van der Waals surface area (Å²) in [6.45, 7) is 0. The van der Waals surface area contributed by atoms with Gasteiger partial charge in [-0.3, -0.25) is 0 Å². The maximum Gasteiger partial charge on any atom is 0.410 e. The van der Waals surface area contributed by atoms with E-state index < -0.39 is 27.0 Å². The first-order valence-electron chi connectivity index (χ1n) is 4.49. The molecule has 0 amide bonds. The number of ether oxygens (including phenoxy) is 1. The summed E-state index contributed by atoms with van der Waals surface area (Å²) in [4.78, 5) is 0. The lowest BCUT2D eigenvalue weighted by Crippen LogP contribution is -2.33. The Morgan fingerprint density at radius 3 is 2.33 bits per heavy atom. The fraction of sp³-hybridized carbons (Fsp3) is 0.333. The highest BCUT2D eigenvalue weighted by Crippen LogP contribution is 2.42. The molecule has 1 aromatic rings. The third-order valence-electron chi connectivity index (χ3n) is 2.10. The Hall–Kier alpha value is -0.800. The predicted molar refractivity (Wildman–Crippen MR) is 62.6 cm³/mol. The summed E-state index contributed by atoms with van der Waals surface area (Å²) in [5.41, 5.74) is -0.554. The Morgan fingerprint density at radius 2 is 1.94 bits per heavy atom. The van der Waals surface area contributed by atoms with Crippen LogP contribution in [0, 0.1) is 0 Å². The van der Waals surface area contributed by atoms with Crippen molar-refractivity contribution >= 4 is 26.0 Å². The minimum atomic E-state index is -5.03. The van der Waals surface area contributed by atoms with E-state index in [-0.39, 0.29) is 10.2 Å². The van der Waals surface area contributed by atoms with Crippen molar-refractivity contribution in [3.8, 4) is 5.75 Å². The highest BCUT2D eigenvalue weighted by atomic mass is 79.9. The van der Waals surface area contributed by atoms with Crippen LogP contribution in [0.3, 0.4) is 0 Å². The van der Waals surface area contributed by atoms with E-state index >= 15 is 0 Å². The molecule has 2 N–H and O–H groups in total. The Balaban J connectivity index is 3.53. The van der Waals surface area contributed by atoms with Crippen LogP contribution in [-0.2, 0) is 10.0 Å². The Bertz CT molecular complexity index is 544. The van der Waals surface area contributed by atoms with Gasteiger partial charge in [0.2, 0.25) is 10.0 Å². The Labute approximate surface area is 110 Å². The first-order chi connectivity index (χ1) is 8.07. The first-order valence-corrected chi connectivity index (χ1v) is 6.89. The molecule has 1 unspecified atom stereocenters. The van der Waals surface area contributed by atoms with Crippen LogP contribution in [0.15, 0.2) is 22.7 Å². The zero-order valence-electron chi connectivity index (χ0n) is 9.03. The molecule has 18 heavy (non-hydrogen) atoms. The number of benzene rings is 1. The van der Waals surface area contributed by atoms with Gasteiger partial charge in [0.25, 0.3) is 0 Å². The van der Waals surface area contributed by atoms with Gasteiger partial charge >= 0.3 is 6.18 Å². The van der Waals surface area contributed by atoms with Crippen LogP contribution >= 0.6 is 15.9 Å². The first kappa shape index (κ1) is 15.3. The molecule has 0 aromatic heterocycles. The molecule has 0 saturated carbocycles. The van der Waals surface area contributed by atoms with Crippen molar-refractivity contribution in [2.75, 3.05) is 7.11 Å². The van der Waals surface area contributed by atoms with E-state index in [0.29, 0.717) is 0 Å². The van der Waals surface area contributed by atoms with Crippen molar-refractivity contribution in [1.29, 1.82) is 0 Å². The maximum atomic E-state index is 12.8. The smallest absolute Gasteiger partial charge is 0.410 e. The number of halogens is 4. The molecule has 0 aliphatic heterocycles. The molecule has 0 fully saturated rings. The molecule has 0 spiro atoms. The zero-order chi connectivity index (χ0) is 14.1. The molecular formula is C9H9BrF3NO3S. The predicted octanol–water partition coefficient (Wildman–Crippen LogP) is 2.35. The van der Waals surface area contributed by atoms with Gasteiger partial charge in [-0.15, -0.1) is 0 Å². The zero-order valence-corrected chi connectivity index (χ0v) is 11.4. The number of sulfonamides is 1. The second kappa shape index (κ2) is 5.06. The van der Waals surface area contributed by atoms with Crippen LogP contribution in [0.1, 0.15) is 10.8 Å². The molecule has 1 atom stereocenters. The fourth-order valence-electron chi connectivity index (χ4n) is 1.45. The minimum Gasteiger partial charge on any atom is -0.496 e. The summed E-state index contributed by atoms with van der Waals surface area (Å²) >= 11 is 2.97. The van der Waals surface area contributed by atoms with Crippen LogP contribution in [-0.4, -0.2) is 21.7 Å². The lowest BCUT2D eigenvalue weighted by atomic mass is 10.1. The molecule has 102 valence electrons. The van der Waals surface area contributed by atoms with E-state index in [1.54, 1.807) is 0 Å². The molecule has 0 aliphatic rings. The van der Waals surface area contributed by atoms with Gasteiger partial charge in [0.15, 0.2) is 5.25 Å². The van der Waals surface area contributed by atoms with Crippen molar-refractivity contribution < 1.29 is 26.3 Å². The van der Waals surface area contributed by atoms with Gasteiger partial charge < -0.3 is 4.74 Å². The number of hydrogen-bond donors (Lipinski definition) is 1. The van der Waals surface area contributed by atoms with Crippen molar-refractivity contribution in [1.82, 2.24) is 0 Å². The molecule has 0 saturated heterocycles. The quantitative estimate of drug-likeness (QED) is 0.912. The number of rotatable bonds is 3. The highest BCUT2D eigenvalue weighted by molar-refractivity contribution is 9.10. The molecule has 0 heterocycles. The van der Waals surface area contributed by atoms with Gasteiger partial charge in [-0.2, -0.15) is 13.2 Å². The highest BCUT2D eigenvalue weighted by Gasteiger charge is 2.49. The van der Waals surface area contributed by atoms with Crippen molar-refractivity contribution in [2.24, 2.45) is 5.14 Å². The molecule has 0 bridgehead atoms. The summed E-state index contributed by atoms with van der Waals surface area (Å²) in [6.07, 6.45) is -5.03. The molecule has 0 aliphatic carbocycles. The molecular weight excluding hydrogens is 339 g/mol. The summed E-state index contributed by atoms with van der Waals surface area (Å²) in [6, 6.07) is 3.67. The monoisotopic (exact) mass is 347 g/mol. The number of hydrogen-bond acceptors (Lipinski definition) is 3. The second-order valence-corrected chi connectivity index (χ2v) is 5.96. The van der Waals surface area contributed by atoms with E-state index in [1.165, 1.54) is 12.1 Å². The normalized spacial score (nSPS) is 14.3. The van der Waals surface area contributed by atoms with Crippen molar-refractivity contribution in [3.63, 3.8) is 0 Å². The van der Waals surface area contributed by atoms with Crippen LogP contribution < -0.4 is 9.88 Å². The lowest BCUT2D eigenvalue weighted by Gasteiger charge is -2.20. The van der Waals surface area contributed by atoms with Gasteiger partial charge in [0.1, 0.15) is 5.75 Å². The number of primary sulfonamides is 1. The average molecular weight is 348 g/mol. The number of methoxy groups -OCH3 is 1. The minimum absolute atomic E-state index is 0.199. The van der Waals surface area contributed by atoms with Gasteiger partial charge in [-0.25, -0.2) is 13.6 Å². The van der Waals surface area contributed by atoms with Gasteiger partial charge in [0.05, 0.1) is 7.11 Å². The molecule has 1 rings (SSSR count). The molecule has 1 aromatic carbocycles. The van der Waals surface area contributed by atoms with Gasteiger partial charge in [-0.05, 0) is 18.2 Å². The van der Waals surface area contributed by atoms with Crippen molar-refractivity contribution in [2.45, 2.75) is 11.4 Å². The average Bonchev–Trinajstić information content (AvgIpc) is 2.13. The van der Waals surface area contributed by atoms with Crippen LogP contribution in [0.2, 0.25) is 0 Å².